The summed E-state index contributed by atoms with van der Waals surface area (Å²) in [6.45, 7) is 0.0180. The Bertz CT molecular complexity index is 732. The van der Waals surface area contributed by atoms with Crippen molar-refractivity contribution in [3.05, 3.63) is 0 Å². The van der Waals surface area contributed by atoms with Gasteiger partial charge in [-0.3, -0.25) is 4.55 Å². The van der Waals surface area contributed by atoms with E-state index < -0.39 is 51.0 Å². The normalized spacial score (nSPS) is 32.6. The van der Waals surface area contributed by atoms with E-state index in [0.717, 1.165) is 0 Å². The van der Waals surface area contributed by atoms with Gasteiger partial charge in [-0.25, -0.2) is 9.18 Å². The number of halogens is 6. The highest BCUT2D eigenvalue weighted by Crippen LogP contribution is 2.57. The van der Waals surface area contributed by atoms with Crippen LogP contribution in [0.1, 0.15) is 19.3 Å². The molecule has 0 radical (unpaired) electrons. The summed E-state index contributed by atoms with van der Waals surface area (Å²) in [4.78, 5) is 11.9. The zero-order valence-corrected chi connectivity index (χ0v) is 14.2. The van der Waals surface area contributed by atoms with Gasteiger partial charge in [0.1, 0.15) is 0 Å². The van der Waals surface area contributed by atoms with E-state index in [1.54, 1.807) is 0 Å². The number of alkyl halides is 6. The first-order valence-corrected chi connectivity index (χ1v) is 9.22. The molecule has 27 heavy (non-hydrogen) atoms. The second-order valence-corrected chi connectivity index (χ2v) is 8.17. The molecule has 2 saturated carbocycles. The van der Waals surface area contributed by atoms with Crippen molar-refractivity contribution < 1.29 is 58.3 Å². The lowest BCUT2D eigenvalue weighted by Gasteiger charge is -2.39. The first-order valence-electron chi connectivity index (χ1n) is 7.78. The summed E-state index contributed by atoms with van der Waals surface area (Å²) < 4.78 is 125. The molecule has 14 heteroatoms. The summed E-state index contributed by atoms with van der Waals surface area (Å²) in [5.74, 6) is -12.5. The van der Waals surface area contributed by atoms with Crippen molar-refractivity contribution in [1.29, 1.82) is 0 Å². The zero-order valence-electron chi connectivity index (χ0n) is 13.3. The van der Waals surface area contributed by atoms with Gasteiger partial charge in [0.05, 0.1) is 13.2 Å². The highest BCUT2D eigenvalue weighted by molar-refractivity contribution is 7.88. The molecule has 0 aromatic rings. The molecule has 2 bridgehead atoms. The highest BCUT2D eigenvalue weighted by Gasteiger charge is 2.82. The van der Waals surface area contributed by atoms with Crippen LogP contribution in [0.15, 0.2) is 0 Å². The average molecular weight is 428 g/mol. The summed E-state index contributed by atoms with van der Waals surface area (Å²) in [7, 11) is -6.89. The fourth-order valence-electron chi connectivity index (χ4n) is 4.01. The molecule has 1 aliphatic heterocycles. The minimum Gasteiger partial charge on any atom is -0.453 e. The zero-order chi connectivity index (χ0) is 20.5. The number of hydrogen-bond donors (Lipinski definition) is 1. The van der Waals surface area contributed by atoms with E-state index in [9.17, 15) is 39.6 Å². The smallest absolute Gasteiger partial charge is 0.453 e. The van der Waals surface area contributed by atoms with Gasteiger partial charge >= 0.3 is 33.2 Å². The van der Waals surface area contributed by atoms with E-state index in [2.05, 4.69) is 4.74 Å². The highest BCUT2D eigenvalue weighted by atomic mass is 32.2. The van der Waals surface area contributed by atoms with Gasteiger partial charge < -0.3 is 14.2 Å². The van der Waals surface area contributed by atoms with Gasteiger partial charge in [0.2, 0.25) is 5.79 Å². The van der Waals surface area contributed by atoms with E-state index >= 15 is 0 Å². The van der Waals surface area contributed by atoms with Crippen molar-refractivity contribution >= 4 is 16.1 Å². The second kappa shape index (κ2) is 5.94. The Balaban J connectivity index is 1.97. The Morgan fingerprint density at radius 2 is 1.63 bits per heavy atom. The molecule has 3 aliphatic rings. The van der Waals surface area contributed by atoms with E-state index in [0.29, 0.717) is 19.3 Å². The van der Waals surface area contributed by atoms with E-state index in [-0.39, 0.29) is 19.1 Å². The van der Waals surface area contributed by atoms with Gasteiger partial charge in [0.15, 0.2) is 6.10 Å². The molecular formula is C13H14F6O7S. The topological polar surface area (TPSA) is 99.1 Å². The van der Waals surface area contributed by atoms with Crippen LogP contribution >= 0.6 is 0 Å². The van der Waals surface area contributed by atoms with Crippen molar-refractivity contribution in [1.82, 2.24) is 0 Å². The van der Waals surface area contributed by atoms with Crippen LogP contribution in [0.4, 0.5) is 26.3 Å². The fourth-order valence-corrected chi connectivity index (χ4v) is 4.71. The molecule has 7 nitrogen and oxygen atoms in total. The third-order valence-corrected chi connectivity index (χ3v) is 6.35. The molecule has 156 valence electrons. The number of esters is 1. The lowest BCUT2D eigenvalue weighted by atomic mass is 9.91. The van der Waals surface area contributed by atoms with Crippen LogP contribution in [0.2, 0.25) is 0 Å². The van der Waals surface area contributed by atoms with Crippen LogP contribution in [-0.4, -0.2) is 61.1 Å². The molecule has 3 fully saturated rings. The molecule has 4 atom stereocenters. The van der Waals surface area contributed by atoms with E-state index in [1.807, 2.05) is 0 Å². The fraction of sp³-hybridized carbons (Fsp3) is 0.923. The molecular weight excluding hydrogens is 414 g/mol. The quantitative estimate of drug-likeness (QED) is 0.414. The molecule has 1 N–H and O–H groups in total. The minimum atomic E-state index is -6.89. The molecule has 1 heterocycles. The average Bonchev–Trinajstić information content (AvgIpc) is 3.23. The van der Waals surface area contributed by atoms with Crippen molar-refractivity contribution in [3.63, 3.8) is 0 Å². The SMILES string of the molecule is O=C(OC1C2CCC(C2)C12OCCO2)C(F)(C(F)(F)C(F)(F)F)S(=O)(=O)O. The van der Waals surface area contributed by atoms with Crippen molar-refractivity contribution in [2.24, 2.45) is 11.8 Å². The Morgan fingerprint density at radius 1 is 1.07 bits per heavy atom. The van der Waals surface area contributed by atoms with Crippen molar-refractivity contribution in [2.45, 2.75) is 48.3 Å². The minimum absolute atomic E-state index is 0.00898. The lowest BCUT2D eigenvalue weighted by molar-refractivity contribution is -0.314. The maximum atomic E-state index is 14.5. The van der Waals surface area contributed by atoms with Crippen LogP contribution in [-0.2, 0) is 29.1 Å². The lowest BCUT2D eigenvalue weighted by Crippen LogP contribution is -2.64. The van der Waals surface area contributed by atoms with Crippen LogP contribution in [0.3, 0.4) is 0 Å². The van der Waals surface area contributed by atoms with Gasteiger partial charge in [-0.05, 0) is 19.3 Å². The third-order valence-electron chi connectivity index (χ3n) is 5.22. The summed E-state index contributed by atoms with van der Waals surface area (Å²) in [6.07, 6.45) is -7.21. The number of carbonyl (C=O) groups excluding carboxylic acids is 1. The first-order chi connectivity index (χ1) is 12.2. The maximum Gasteiger partial charge on any atom is 0.458 e. The van der Waals surface area contributed by atoms with E-state index in [1.165, 1.54) is 0 Å². The molecule has 3 rings (SSSR count). The summed E-state index contributed by atoms with van der Waals surface area (Å²) in [6, 6.07) is 0. The van der Waals surface area contributed by atoms with Gasteiger partial charge in [-0.1, -0.05) is 0 Å². The van der Waals surface area contributed by atoms with E-state index in [4.69, 9.17) is 14.0 Å². The third kappa shape index (κ3) is 2.67. The van der Waals surface area contributed by atoms with Crippen molar-refractivity contribution in [3.8, 4) is 0 Å². The summed E-state index contributed by atoms with van der Waals surface area (Å²) in [5.41, 5.74) is 0. The predicted octanol–water partition coefficient (Wildman–Crippen LogP) is 1.82. The molecule has 1 saturated heterocycles. The standard InChI is InChI=1S/C13H14F6O7S/c14-11(27(21,22)23,12(15,16)13(17,18)19)9(20)26-8-6-1-2-7(5-6)10(8)24-3-4-25-10/h6-8H,1-5H2,(H,21,22,23). The Kier molecular flexibility index (Phi) is 4.53. The first kappa shape index (κ1) is 20.6. The van der Waals surface area contributed by atoms with Crippen LogP contribution in [0.25, 0.3) is 0 Å². The molecule has 2 aliphatic carbocycles. The monoisotopic (exact) mass is 428 g/mol. The molecule has 0 aromatic carbocycles. The predicted molar refractivity (Wildman–Crippen MR) is 71.7 cm³/mol. The van der Waals surface area contributed by atoms with Crippen LogP contribution in [0.5, 0.6) is 0 Å². The maximum absolute atomic E-state index is 14.5. The van der Waals surface area contributed by atoms with Crippen LogP contribution < -0.4 is 0 Å². The van der Waals surface area contributed by atoms with Gasteiger partial charge in [0, 0.05) is 11.8 Å². The molecule has 0 aromatic heterocycles. The van der Waals surface area contributed by atoms with Gasteiger partial charge in [-0.15, -0.1) is 0 Å². The van der Waals surface area contributed by atoms with Gasteiger partial charge in [0.25, 0.3) is 0 Å². The molecule has 1 spiro atoms. The molecule has 4 unspecified atom stereocenters. The summed E-state index contributed by atoms with van der Waals surface area (Å²) in [5, 5.41) is -6.08. The largest absolute Gasteiger partial charge is 0.458 e. The van der Waals surface area contributed by atoms with Gasteiger partial charge in [-0.2, -0.15) is 30.4 Å². The number of fused-ring (bicyclic) bond motifs is 3. The second-order valence-electron chi connectivity index (χ2n) is 6.66. The number of carbonyl (C=O) groups is 1. The summed E-state index contributed by atoms with van der Waals surface area (Å²) >= 11 is 0. The Morgan fingerprint density at radius 3 is 2.11 bits per heavy atom. The number of hydrogen-bond acceptors (Lipinski definition) is 6. The number of rotatable bonds is 4. The number of ether oxygens (including phenoxy) is 3. The Labute approximate surface area is 148 Å². The van der Waals surface area contributed by atoms with Crippen molar-refractivity contribution in [2.75, 3.05) is 13.2 Å². The molecule has 0 amide bonds. The Hall–Kier alpha value is -1.12. The van der Waals surface area contributed by atoms with Crippen LogP contribution in [0, 0.1) is 11.8 Å².